The number of rotatable bonds is 0. The molecule has 1 aromatic carbocycles. The standard InChI is InChI=1S/C13H15Br/c1-8-6-11-9-2-4-10(5-3-9)12(11)7-13(8)14/h6-7,9-10H,2-5H2,1H3. The summed E-state index contributed by atoms with van der Waals surface area (Å²) in [5.41, 5.74) is 4.70. The van der Waals surface area contributed by atoms with Crippen molar-refractivity contribution in [1.29, 1.82) is 0 Å². The van der Waals surface area contributed by atoms with Crippen molar-refractivity contribution in [2.75, 3.05) is 0 Å². The summed E-state index contributed by atoms with van der Waals surface area (Å²) >= 11 is 3.65. The molecule has 4 rings (SSSR count). The van der Waals surface area contributed by atoms with Crippen molar-refractivity contribution in [3.8, 4) is 0 Å². The monoisotopic (exact) mass is 250 g/mol. The zero-order chi connectivity index (χ0) is 9.71. The fraction of sp³-hybridized carbons (Fsp3) is 0.538. The molecule has 0 nitrogen and oxygen atoms in total. The number of halogens is 1. The molecule has 0 heterocycles. The average molecular weight is 251 g/mol. The summed E-state index contributed by atoms with van der Waals surface area (Å²) in [7, 11) is 0. The summed E-state index contributed by atoms with van der Waals surface area (Å²) in [5, 5.41) is 0. The molecule has 0 amide bonds. The summed E-state index contributed by atoms with van der Waals surface area (Å²) in [5.74, 6) is 1.74. The molecule has 0 aliphatic heterocycles. The molecule has 3 aliphatic carbocycles. The van der Waals surface area contributed by atoms with Gasteiger partial charge in [0.05, 0.1) is 0 Å². The van der Waals surface area contributed by atoms with E-state index >= 15 is 0 Å². The van der Waals surface area contributed by atoms with E-state index in [1.807, 2.05) is 0 Å². The van der Waals surface area contributed by atoms with Crippen LogP contribution in [0, 0.1) is 6.92 Å². The molecule has 0 saturated heterocycles. The molecule has 1 heteroatoms. The summed E-state index contributed by atoms with van der Waals surface area (Å²) in [4.78, 5) is 0. The molecule has 74 valence electrons. The highest BCUT2D eigenvalue weighted by Crippen LogP contribution is 2.50. The predicted octanol–water partition coefficient (Wildman–Crippen LogP) is 4.51. The Labute approximate surface area is 93.8 Å². The molecule has 3 aliphatic rings. The minimum atomic E-state index is 0.867. The zero-order valence-electron chi connectivity index (χ0n) is 8.52. The molecule has 1 saturated carbocycles. The Bertz CT molecular complexity index is 336. The van der Waals surface area contributed by atoms with Crippen LogP contribution >= 0.6 is 15.9 Å². The number of benzene rings is 1. The lowest BCUT2D eigenvalue weighted by molar-refractivity contribution is 0.358. The van der Waals surface area contributed by atoms with Crippen molar-refractivity contribution in [2.24, 2.45) is 0 Å². The number of hydrogen-bond donors (Lipinski definition) is 0. The van der Waals surface area contributed by atoms with Crippen LogP contribution in [0.4, 0.5) is 0 Å². The topological polar surface area (TPSA) is 0 Å². The zero-order valence-corrected chi connectivity index (χ0v) is 10.1. The average Bonchev–Trinajstić information content (AvgIpc) is 2.22. The Morgan fingerprint density at radius 1 is 1.00 bits per heavy atom. The first-order chi connectivity index (χ1) is 6.75. The first-order valence-electron chi connectivity index (χ1n) is 5.55. The van der Waals surface area contributed by atoms with Crippen LogP contribution in [0.25, 0.3) is 0 Å². The maximum atomic E-state index is 3.65. The minimum absolute atomic E-state index is 0.867. The maximum absolute atomic E-state index is 3.65. The highest BCUT2D eigenvalue weighted by atomic mass is 79.9. The van der Waals surface area contributed by atoms with Gasteiger partial charge in [-0.15, -0.1) is 0 Å². The van der Waals surface area contributed by atoms with E-state index < -0.39 is 0 Å². The molecule has 2 bridgehead atoms. The molecule has 0 atom stereocenters. The van der Waals surface area contributed by atoms with E-state index in [1.165, 1.54) is 35.7 Å². The van der Waals surface area contributed by atoms with E-state index in [4.69, 9.17) is 0 Å². The Hall–Kier alpha value is -0.300. The van der Waals surface area contributed by atoms with Gasteiger partial charge in [0.2, 0.25) is 0 Å². The van der Waals surface area contributed by atoms with Gasteiger partial charge in [-0.1, -0.05) is 22.0 Å². The molecule has 0 N–H and O–H groups in total. The number of aryl methyl sites for hydroxylation is 1. The van der Waals surface area contributed by atoms with Gasteiger partial charge in [-0.2, -0.15) is 0 Å². The Kier molecular flexibility index (Phi) is 1.98. The van der Waals surface area contributed by atoms with Crippen LogP contribution in [0.15, 0.2) is 16.6 Å². The third kappa shape index (κ3) is 1.18. The van der Waals surface area contributed by atoms with Crippen LogP contribution in [-0.4, -0.2) is 0 Å². The van der Waals surface area contributed by atoms with Crippen molar-refractivity contribution in [1.82, 2.24) is 0 Å². The second-order valence-electron chi connectivity index (χ2n) is 4.78. The lowest BCUT2D eigenvalue weighted by Crippen LogP contribution is -2.21. The van der Waals surface area contributed by atoms with E-state index in [2.05, 4.69) is 35.0 Å². The predicted molar refractivity (Wildman–Crippen MR) is 62.8 cm³/mol. The van der Waals surface area contributed by atoms with Gasteiger partial charge in [0.25, 0.3) is 0 Å². The van der Waals surface area contributed by atoms with Crippen molar-refractivity contribution in [2.45, 2.75) is 44.4 Å². The van der Waals surface area contributed by atoms with Gasteiger partial charge in [-0.3, -0.25) is 0 Å². The Balaban J connectivity index is 2.20. The van der Waals surface area contributed by atoms with E-state index in [0.717, 1.165) is 11.8 Å². The Morgan fingerprint density at radius 3 is 2.07 bits per heavy atom. The fourth-order valence-electron chi connectivity index (χ4n) is 3.14. The van der Waals surface area contributed by atoms with Gasteiger partial charge in [0, 0.05) is 4.47 Å². The molecule has 14 heavy (non-hydrogen) atoms. The van der Waals surface area contributed by atoms with Crippen LogP contribution < -0.4 is 0 Å². The van der Waals surface area contributed by atoms with E-state index in [9.17, 15) is 0 Å². The molecule has 0 spiro atoms. The largest absolute Gasteiger partial charge is 0.0544 e. The fourth-order valence-corrected chi connectivity index (χ4v) is 3.50. The molecule has 0 radical (unpaired) electrons. The normalized spacial score (nSPS) is 29.0. The summed E-state index contributed by atoms with van der Waals surface area (Å²) in [6.07, 6.45) is 5.71. The SMILES string of the molecule is Cc1cc2c(cc1Br)C1CCC2CC1. The van der Waals surface area contributed by atoms with Crippen LogP contribution in [-0.2, 0) is 0 Å². The van der Waals surface area contributed by atoms with Gasteiger partial charge >= 0.3 is 0 Å². The molecular formula is C13H15Br. The van der Waals surface area contributed by atoms with Crippen molar-refractivity contribution in [3.63, 3.8) is 0 Å². The molecule has 1 aromatic rings. The lowest BCUT2D eigenvalue weighted by atomic mass is 9.67. The van der Waals surface area contributed by atoms with Gasteiger partial charge in [-0.05, 0) is 67.2 Å². The first-order valence-corrected chi connectivity index (χ1v) is 6.35. The van der Waals surface area contributed by atoms with Crippen LogP contribution in [0.5, 0.6) is 0 Å². The van der Waals surface area contributed by atoms with Crippen LogP contribution in [0.3, 0.4) is 0 Å². The lowest BCUT2D eigenvalue weighted by Gasteiger charge is -2.38. The van der Waals surface area contributed by atoms with Crippen molar-refractivity contribution in [3.05, 3.63) is 33.3 Å². The molecule has 1 fully saturated rings. The van der Waals surface area contributed by atoms with E-state index in [0.29, 0.717) is 0 Å². The third-order valence-corrected chi connectivity index (χ3v) is 4.83. The Morgan fingerprint density at radius 2 is 1.50 bits per heavy atom. The highest BCUT2D eigenvalue weighted by molar-refractivity contribution is 9.10. The number of fused-ring (bicyclic) bond motifs is 2. The maximum Gasteiger partial charge on any atom is 0.0207 e. The second kappa shape index (κ2) is 3.10. The minimum Gasteiger partial charge on any atom is -0.0544 e. The quantitative estimate of drug-likeness (QED) is 0.636. The van der Waals surface area contributed by atoms with Crippen LogP contribution in [0.1, 0.15) is 54.2 Å². The van der Waals surface area contributed by atoms with Gasteiger partial charge in [0.15, 0.2) is 0 Å². The number of hydrogen-bond acceptors (Lipinski definition) is 0. The highest BCUT2D eigenvalue weighted by Gasteiger charge is 2.32. The summed E-state index contributed by atoms with van der Waals surface area (Å²) < 4.78 is 1.30. The van der Waals surface area contributed by atoms with E-state index in [-0.39, 0.29) is 0 Å². The molecular weight excluding hydrogens is 236 g/mol. The first kappa shape index (κ1) is 8.96. The van der Waals surface area contributed by atoms with Crippen molar-refractivity contribution < 1.29 is 0 Å². The van der Waals surface area contributed by atoms with Crippen LogP contribution in [0.2, 0.25) is 0 Å². The van der Waals surface area contributed by atoms with E-state index in [1.54, 1.807) is 11.1 Å². The second-order valence-corrected chi connectivity index (χ2v) is 5.63. The van der Waals surface area contributed by atoms with Gasteiger partial charge in [-0.25, -0.2) is 0 Å². The molecule has 0 unspecified atom stereocenters. The molecule has 0 aromatic heterocycles. The third-order valence-electron chi connectivity index (χ3n) is 3.97. The van der Waals surface area contributed by atoms with Crippen molar-refractivity contribution >= 4 is 15.9 Å². The smallest absolute Gasteiger partial charge is 0.0207 e. The summed E-state index contributed by atoms with van der Waals surface area (Å²) in [6.45, 7) is 2.20. The van der Waals surface area contributed by atoms with Gasteiger partial charge < -0.3 is 0 Å². The van der Waals surface area contributed by atoms with Gasteiger partial charge in [0.1, 0.15) is 0 Å². The summed E-state index contributed by atoms with van der Waals surface area (Å²) in [6, 6.07) is 4.79.